The number of rotatable bonds is 5. The molecule has 1 nitrogen and oxygen atoms in total. The zero-order valence-corrected chi connectivity index (χ0v) is 12.2. The average molecular weight is 259 g/mol. The Morgan fingerprint density at radius 1 is 1.06 bits per heavy atom. The van der Waals surface area contributed by atoms with Gasteiger partial charge in [0.2, 0.25) is 0 Å². The van der Waals surface area contributed by atoms with Gasteiger partial charge in [-0.25, -0.2) is 0 Å². The van der Waals surface area contributed by atoms with Crippen LogP contribution in [0.3, 0.4) is 0 Å². The second-order valence-corrected chi connectivity index (χ2v) is 5.76. The predicted molar refractivity (Wildman–Crippen MR) is 80.2 cm³/mol. The standard InChI is InChI=1S/C16H21NS/c1-4-14-7-8-18-16(14)11-17-10-15-6-5-12(2)9-13(15)3/h5-9,17H,4,10-11H2,1-3H3. The van der Waals surface area contributed by atoms with Crippen LogP contribution in [-0.2, 0) is 19.5 Å². The molecule has 0 bridgehead atoms. The zero-order chi connectivity index (χ0) is 13.0. The molecule has 2 aromatic rings. The second-order valence-electron chi connectivity index (χ2n) is 4.76. The molecule has 1 heterocycles. The highest BCUT2D eigenvalue weighted by Crippen LogP contribution is 2.17. The molecular weight excluding hydrogens is 238 g/mol. The molecule has 0 aliphatic rings. The summed E-state index contributed by atoms with van der Waals surface area (Å²) >= 11 is 1.85. The topological polar surface area (TPSA) is 12.0 Å². The Morgan fingerprint density at radius 2 is 1.89 bits per heavy atom. The van der Waals surface area contributed by atoms with E-state index < -0.39 is 0 Å². The van der Waals surface area contributed by atoms with Crippen LogP contribution in [0, 0.1) is 13.8 Å². The van der Waals surface area contributed by atoms with E-state index in [1.807, 2.05) is 11.3 Å². The van der Waals surface area contributed by atoms with Crippen molar-refractivity contribution < 1.29 is 0 Å². The van der Waals surface area contributed by atoms with Crippen molar-refractivity contribution in [1.82, 2.24) is 5.32 Å². The van der Waals surface area contributed by atoms with Gasteiger partial charge in [0.25, 0.3) is 0 Å². The summed E-state index contributed by atoms with van der Waals surface area (Å²) < 4.78 is 0. The van der Waals surface area contributed by atoms with Crippen LogP contribution in [0.25, 0.3) is 0 Å². The molecule has 0 spiro atoms. The van der Waals surface area contributed by atoms with Gasteiger partial charge in [0, 0.05) is 18.0 Å². The summed E-state index contributed by atoms with van der Waals surface area (Å²) in [6.45, 7) is 8.48. The molecule has 0 aliphatic carbocycles. The summed E-state index contributed by atoms with van der Waals surface area (Å²) in [5.41, 5.74) is 5.59. The van der Waals surface area contributed by atoms with Crippen LogP contribution in [0.2, 0.25) is 0 Å². The largest absolute Gasteiger partial charge is 0.308 e. The number of aryl methyl sites for hydroxylation is 3. The van der Waals surface area contributed by atoms with E-state index in [-0.39, 0.29) is 0 Å². The molecule has 1 aromatic heterocycles. The molecular formula is C16H21NS. The van der Waals surface area contributed by atoms with E-state index in [1.165, 1.54) is 27.1 Å². The van der Waals surface area contributed by atoms with E-state index in [2.05, 4.69) is 55.7 Å². The summed E-state index contributed by atoms with van der Waals surface area (Å²) in [6, 6.07) is 8.90. The van der Waals surface area contributed by atoms with E-state index >= 15 is 0 Å². The van der Waals surface area contributed by atoms with Gasteiger partial charge in [-0.15, -0.1) is 11.3 Å². The third kappa shape index (κ3) is 3.21. The van der Waals surface area contributed by atoms with Crippen molar-refractivity contribution in [2.24, 2.45) is 0 Å². The molecule has 18 heavy (non-hydrogen) atoms. The van der Waals surface area contributed by atoms with Crippen LogP contribution in [0.15, 0.2) is 29.6 Å². The number of benzene rings is 1. The first-order chi connectivity index (χ1) is 8.70. The molecule has 0 saturated heterocycles. The minimum Gasteiger partial charge on any atom is -0.308 e. The third-order valence-electron chi connectivity index (χ3n) is 3.32. The number of hydrogen-bond donors (Lipinski definition) is 1. The minimum atomic E-state index is 0.952. The normalized spacial score (nSPS) is 10.8. The molecule has 0 fully saturated rings. The number of nitrogens with one attached hydrogen (secondary N) is 1. The predicted octanol–water partition coefficient (Wildman–Crippen LogP) is 4.22. The molecule has 2 rings (SSSR count). The molecule has 1 aromatic carbocycles. The van der Waals surface area contributed by atoms with Crippen LogP contribution in [-0.4, -0.2) is 0 Å². The molecule has 1 N–H and O–H groups in total. The maximum atomic E-state index is 3.55. The van der Waals surface area contributed by atoms with Crippen LogP contribution in [0.5, 0.6) is 0 Å². The van der Waals surface area contributed by atoms with Gasteiger partial charge in [-0.2, -0.15) is 0 Å². The molecule has 2 heteroatoms. The third-order valence-corrected chi connectivity index (χ3v) is 4.28. The Balaban J connectivity index is 1.92. The van der Waals surface area contributed by atoms with E-state index in [0.29, 0.717) is 0 Å². The Morgan fingerprint density at radius 3 is 2.61 bits per heavy atom. The van der Waals surface area contributed by atoms with Crippen molar-refractivity contribution in [3.8, 4) is 0 Å². The molecule has 0 unspecified atom stereocenters. The van der Waals surface area contributed by atoms with Crippen molar-refractivity contribution in [2.75, 3.05) is 0 Å². The lowest BCUT2D eigenvalue weighted by Gasteiger charge is -2.09. The lowest BCUT2D eigenvalue weighted by atomic mass is 10.1. The minimum absolute atomic E-state index is 0.952. The molecule has 0 amide bonds. The summed E-state index contributed by atoms with van der Waals surface area (Å²) in [7, 11) is 0. The number of hydrogen-bond acceptors (Lipinski definition) is 2. The molecule has 0 radical (unpaired) electrons. The van der Waals surface area contributed by atoms with Crippen molar-refractivity contribution in [3.63, 3.8) is 0 Å². The van der Waals surface area contributed by atoms with Crippen LogP contribution in [0.4, 0.5) is 0 Å². The van der Waals surface area contributed by atoms with Gasteiger partial charge in [0.1, 0.15) is 0 Å². The fraction of sp³-hybridized carbons (Fsp3) is 0.375. The van der Waals surface area contributed by atoms with E-state index in [0.717, 1.165) is 19.5 Å². The maximum absolute atomic E-state index is 3.55. The Labute approximate surface area is 114 Å². The first kappa shape index (κ1) is 13.3. The van der Waals surface area contributed by atoms with Gasteiger partial charge >= 0.3 is 0 Å². The van der Waals surface area contributed by atoms with Gasteiger partial charge < -0.3 is 5.32 Å². The van der Waals surface area contributed by atoms with Gasteiger partial charge in [-0.1, -0.05) is 30.7 Å². The summed E-state index contributed by atoms with van der Waals surface area (Å²) in [5.74, 6) is 0. The fourth-order valence-corrected chi connectivity index (χ4v) is 3.14. The van der Waals surface area contributed by atoms with Gasteiger partial charge in [0.15, 0.2) is 0 Å². The molecule has 96 valence electrons. The van der Waals surface area contributed by atoms with Crippen LogP contribution in [0.1, 0.15) is 34.1 Å². The monoisotopic (exact) mass is 259 g/mol. The van der Waals surface area contributed by atoms with Gasteiger partial charge in [-0.3, -0.25) is 0 Å². The maximum Gasteiger partial charge on any atom is 0.0305 e. The Kier molecular flexibility index (Phi) is 4.56. The highest BCUT2D eigenvalue weighted by molar-refractivity contribution is 7.10. The van der Waals surface area contributed by atoms with Crippen LogP contribution < -0.4 is 5.32 Å². The van der Waals surface area contributed by atoms with E-state index in [9.17, 15) is 0 Å². The lowest BCUT2D eigenvalue weighted by Crippen LogP contribution is -2.13. The summed E-state index contributed by atoms with van der Waals surface area (Å²) in [4.78, 5) is 1.47. The smallest absolute Gasteiger partial charge is 0.0305 e. The fourth-order valence-electron chi connectivity index (χ4n) is 2.19. The first-order valence-electron chi connectivity index (χ1n) is 6.52. The zero-order valence-electron chi connectivity index (χ0n) is 11.4. The van der Waals surface area contributed by atoms with E-state index in [1.54, 1.807) is 0 Å². The Bertz CT molecular complexity index is 514. The molecule has 0 aliphatic heterocycles. The van der Waals surface area contributed by atoms with Gasteiger partial charge in [0.05, 0.1) is 0 Å². The average Bonchev–Trinajstić information content (AvgIpc) is 2.79. The van der Waals surface area contributed by atoms with Crippen molar-refractivity contribution in [1.29, 1.82) is 0 Å². The van der Waals surface area contributed by atoms with Crippen molar-refractivity contribution in [2.45, 2.75) is 40.3 Å². The first-order valence-corrected chi connectivity index (χ1v) is 7.40. The SMILES string of the molecule is CCc1ccsc1CNCc1ccc(C)cc1C. The lowest BCUT2D eigenvalue weighted by molar-refractivity contribution is 0.694. The quantitative estimate of drug-likeness (QED) is 0.848. The summed E-state index contributed by atoms with van der Waals surface area (Å²) in [5, 5.41) is 5.74. The summed E-state index contributed by atoms with van der Waals surface area (Å²) in [6.07, 6.45) is 1.13. The van der Waals surface area contributed by atoms with E-state index in [4.69, 9.17) is 0 Å². The van der Waals surface area contributed by atoms with Gasteiger partial charge in [-0.05, 0) is 48.4 Å². The van der Waals surface area contributed by atoms with Crippen LogP contribution >= 0.6 is 11.3 Å². The van der Waals surface area contributed by atoms with Crippen molar-refractivity contribution in [3.05, 3.63) is 56.8 Å². The van der Waals surface area contributed by atoms with Crippen molar-refractivity contribution >= 4 is 11.3 Å². The highest BCUT2D eigenvalue weighted by atomic mass is 32.1. The second kappa shape index (κ2) is 6.17. The molecule has 0 saturated carbocycles. The Hall–Kier alpha value is -1.12. The number of thiophene rings is 1. The highest BCUT2D eigenvalue weighted by Gasteiger charge is 2.03. The molecule has 0 atom stereocenters.